The van der Waals surface area contributed by atoms with Gasteiger partial charge < -0.3 is 10.6 Å². The van der Waals surface area contributed by atoms with E-state index in [0.29, 0.717) is 6.54 Å². The van der Waals surface area contributed by atoms with Crippen molar-refractivity contribution in [2.75, 3.05) is 30.3 Å². The lowest BCUT2D eigenvalue weighted by molar-refractivity contribution is -0.126. The van der Waals surface area contributed by atoms with Gasteiger partial charge in [-0.3, -0.25) is 10.2 Å². The molecule has 1 unspecified atom stereocenters. The maximum Gasteiger partial charge on any atom is 0.258 e. The van der Waals surface area contributed by atoms with Gasteiger partial charge in [-0.25, -0.2) is 5.01 Å². The van der Waals surface area contributed by atoms with Crippen LogP contribution in [-0.2, 0) is 4.79 Å². The number of anilines is 2. The Balaban J connectivity index is 1.59. The molecule has 2 aliphatic rings. The number of carbonyl (C=O) groups is 1. The van der Waals surface area contributed by atoms with E-state index in [4.69, 9.17) is 0 Å². The molecule has 1 saturated heterocycles. The van der Waals surface area contributed by atoms with Crippen molar-refractivity contribution in [3.63, 3.8) is 0 Å². The summed E-state index contributed by atoms with van der Waals surface area (Å²) in [6.07, 6.45) is 3.60. The molecule has 5 heteroatoms. The number of fused-ring (bicyclic) bond motifs is 1. The highest BCUT2D eigenvalue weighted by Gasteiger charge is 2.25. The summed E-state index contributed by atoms with van der Waals surface area (Å²) >= 11 is 0. The van der Waals surface area contributed by atoms with Crippen molar-refractivity contribution in [1.29, 1.82) is 0 Å². The number of hydrazine groups is 1. The van der Waals surface area contributed by atoms with Crippen LogP contribution in [0.15, 0.2) is 24.3 Å². The quantitative estimate of drug-likeness (QED) is 0.752. The topological polar surface area (TPSA) is 56.4 Å². The van der Waals surface area contributed by atoms with E-state index >= 15 is 0 Å². The zero-order valence-electron chi connectivity index (χ0n) is 11.0. The Morgan fingerprint density at radius 3 is 2.68 bits per heavy atom. The maximum absolute atomic E-state index is 12.2. The normalized spacial score (nSPS) is 22.8. The summed E-state index contributed by atoms with van der Waals surface area (Å²) in [6, 6.07) is 7.75. The van der Waals surface area contributed by atoms with Crippen molar-refractivity contribution in [3.8, 4) is 0 Å². The van der Waals surface area contributed by atoms with Crippen LogP contribution < -0.4 is 16.1 Å². The zero-order valence-corrected chi connectivity index (χ0v) is 11.0. The Hall–Kier alpha value is -1.75. The second-order valence-electron chi connectivity index (χ2n) is 5.15. The van der Waals surface area contributed by atoms with Crippen molar-refractivity contribution in [2.45, 2.75) is 25.3 Å². The SMILES string of the molecule is O=C(NN1CCCCC1)C1CNc2ccccc2N1. The number of piperidine rings is 1. The number of para-hydroxylation sites is 2. The van der Waals surface area contributed by atoms with Gasteiger partial charge >= 0.3 is 0 Å². The fraction of sp³-hybridized carbons (Fsp3) is 0.500. The molecule has 1 amide bonds. The molecule has 0 bridgehead atoms. The van der Waals surface area contributed by atoms with E-state index < -0.39 is 0 Å². The summed E-state index contributed by atoms with van der Waals surface area (Å²) in [5, 5.41) is 8.61. The van der Waals surface area contributed by atoms with Crippen LogP contribution in [0.3, 0.4) is 0 Å². The van der Waals surface area contributed by atoms with Gasteiger partial charge in [-0.05, 0) is 25.0 Å². The van der Waals surface area contributed by atoms with E-state index in [-0.39, 0.29) is 11.9 Å². The third-order valence-electron chi connectivity index (χ3n) is 3.69. The zero-order chi connectivity index (χ0) is 13.1. The fourth-order valence-electron chi connectivity index (χ4n) is 2.61. The van der Waals surface area contributed by atoms with Crippen molar-refractivity contribution in [1.82, 2.24) is 10.4 Å². The number of carbonyl (C=O) groups excluding carboxylic acids is 1. The molecule has 0 aromatic heterocycles. The van der Waals surface area contributed by atoms with E-state index in [1.807, 2.05) is 29.3 Å². The Morgan fingerprint density at radius 2 is 1.89 bits per heavy atom. The standard InChI is InChI=1S/C14H20N4O/c19-14(17-18-8-4-1-5-9-18)13-10-15-11-6-2-3-7-12(11)16-13/h2-3,6-7,13,15-16H,1,4-5,8-10H2,(H,17,19). The smallest absolute Gasteiger partial charge is 0.258 e. The number of benzene rings is 1. The summed E-state index contributed by atoms with van der Waals surface area (Å²) in [6.45, 7) is 2.54. The Kier molecular flexibility index (Phi) is 3.55. The first kappa shape index (κ1) is 12.3. The lowest BCUT2D eigenvalue weighted by Gasteiger charge is -2.31. The average molecular weight is 260 g/mol. The first-order chi connectivity index (χ1) is 9.33. The second kappa shape index (κ2) is 5.48. The van der Waals surface area contributed by atoms with Crippen molar-refractivity contribution < 1.29 is 4.79 Å². The third kappa shape index (κ3) is 2.81. The minimum absolute atomic E-state index is 0.0453. The van der Waals surface area contributed by atoms with Gasteiger partial charge in [-0.15, -0.1) is 0 Å². The first-order valence-corrected chi connectivity index (χ1v) is 6.98. The highest BCUT2D eigenvalue weighted by Crippen LogP contribution is 2.25. The highest BCUT2D eigenvalue weighted by atomic mass is 16.2. The molecule has 19 heavy (non-hydrogen) atoms. The van der Waals surface area contributed by atoms with Crippen LogP contribution in [0.25, 0.3) is 0 Å². The van der Waals surface area contributed by atoms with Crippen LogP contribution in [0.5, 0.6) is 0 Å². The largest absolute Gasteiger partial charge is 0.381 e. The summed E-state index contributed by atoms with van der Waals surface area (Å²) in [5.74, 6) is 0.0453. The number of hydrogen-bond donors (Lipinski definition) is 3. The summed E-state index contributed by atoms with van der Waals surface area (Å²) in [5.41, 5.74) is 5.06. The lowest BCUT2D eigenvalue weighted by Crippen LogP contribution is -2.53. The van der Waals surface area contributed by atoms with Gasteiger partial charge in [0, 0.05) is 19.6 Å². The van der Waals surface area contributed by atoms with Crippen LogP contribution in [0.4, 0.5) is 11.4 Å². The Morgan fingerprint density at radius 1 is 1.16 bits per heavy atom. The van der Waals surface area contributed by atoms with Crippen LogP contribution in [0, 0.1) is 0 Å². The molecule has 1 aromatic rings. The van der Waals surface area contributed by atoms with Gasteiger partial charge in [0.25, 0.3) is 5.91 Å². The van der Waals surface area contributed by atoms with Crippen molar-refractivity contribution >= 4 is 17.3 Å². The van der Waals surface area contributed by atoms with Crippen LogP contribution in [-0.4, -0.2) is 36.6 Å². The Labute approximate surface area is 113 Å². The van der Waals surface area contributed by atoms with E-state index in [2.05, 4.69) is 16.1 Å². The van der Waals surface area contributed by atoms with E-state index in [9.17, 15) is 4.79 Å². The average Bonchev–Trinajstić information content (AvgIpc) is 2.48. The minimum Gasteiger partial charge on any atom is -0.381 e. The molecule has 0 radical (unpaired) electrons. The first-order valence-electron chi connectivity index (χ1n) is 6.98. The maximum atomic E-state index is 12.2. The molecule has 102 valence electrons. The molecule has 2 aliphatic heterocycles. The van der Waals surface area contributed by atoms with Gasteiger partial charge in [0.15, 0.2) is 0 Å². The van der Waals surface area contributed by atoms with Crippen LogP contribution in [0.2, 0.25) is 0 Å². The molecule has 1 atom stereocenters. The fourth-order valence-corrected chi connectivity index (χ4v) is 2.61. The van der Waals surface area contributed by atoms with Crippen LogP contribution in [0.1, 0.15) is 19.3 Å². The van der Waals surface area contributed by atoms with Gasteiger partial charge in [0.1, 0.15) is 6.04 Å². The molecule has 3 N–H and O–H groups in total. The molecule has 0 spiro atoms. The third-order valence-corrected chi connectivity index (χ3v) is 3.69. The number of nitrogens with zero attached hydrogens (tertiary/aromatic N) is 1. The molecule has 3 rings (SSSR count). The van der Waals surface area contributed by atoms with Gasteiger partial charge in [-0.1, -0.05) is 18.6 Å². The van der Waals surface area contributed by atoms with E-state index in [1.165, 1.54) is 19.3 Å². The van der Waals surface area contributed by atoms with E-state index in [0.717, 1.165) is 24.5 Å². The van der Waals surface area contributed by atoms with Gasteiger partial charge in [0.05, 0.1) is 11.4 Å². The molecule has 0 aliphatic carbocycles. The highest BCUT2D eigenvalue weighted by molar-refractivity contribution is 5.88. The molecular formula is C14H20N4O. The number of rotatable bonds is 2. The van der Waals surface area contributed by atoms with Gasteiger partial charge in [0.2, 0.25) is 0 Å². The number of hydrogen-bond acceptors (Lipinski definition) is 4. The summed E-state index contributed by atoms with van der Waals surface area (Å²) < 4.78 is 0. The second-order valence-corrected chi connectivity index (χ2v) is 5.15. The Bertz CT molecular complexity index is 457. The van der Waals surface area contributed by atoms with Crippen LogP contribution >= 0.6 is 0 Å². The monoisotopic (exact) mass is 260 g/mol. The molecule has 2 heterocycles. The molecular weight excluding hydrogens is 240 g/mol. The van der Waals surface area contributed by atoms with Gasteiger partial charge in [-0.2, -0.15) is 0 Å². The summed E-state index contributed by atoms with van der Waals surface area (Å²) in [4.78, 5) is 12.2. The predicted molar refractivity (Wildman–Crippen MR) is 75.9 cm³/mol. The number of nitrogens with one attached hydrogen (secondary N) is 3. The molecule has 1 fully saturated rings. The van der Waals surface area contributed by atoms with Crippen molar-refractivity contribution in [3.05, 3.63) is 24.3 Å². The lowest BCUT2D eigenvalue weighted by atomic mass is 10.1. The minimum atomic E-state index is -0.211. The van der Waals surface area contributed by atoms with Crippen molar-refractivity contribution in [2.24, 2.45) is 0 Å². The molecule has 1 aromatic carbocycles. The predicted octanol–water partition coefficient (Wildman–Crippen LogP) is 1.41. The number of amides is 1. The van der Waals surface area contributed by atoms with E-state index in [1.54, 1.807) is 0 Å². The summed E-state index contributed by atoms with van der Waals surface area (Å²) in [7, 11) is 0. The molecule has 0 saturated carbocycles. The molecule has 5 nitrogen and oxygen atoms in total.